The molecule has 122 valence electrons. The van der Waals surface area contributed by atoms with Gasteiger partial charge in [0.2, 0.25) is 11.8 Å². The van der Waals surface area contributed by atoms with Crippen molar-refractivity contribution in [2.75, 3.05) is 7.05 Å². The van der Waals surface area contributed by atoms with Crippen LogP contribution in [0.3, 0.4) is 0 Å². The molecule has 1 heterocycles. The Morgan fingerprint density at radius 1 is 1.30 bits per heavy atom. The summed E-state index contributed by atoms with van der Waals surface area (Å²) in [7, 11) is 1.80. The molecule has 0 aromatic heterocycles. The Labute approximate surface area is 134 Å². The van der Waals surface area contributed by atoms with E-state index in [0.29, 0.717) is 37.8 Å². The minimum Gasteiger partial charge on any atom is -0.303 e. The molecule has 23 heavy (non-hydrogen) atoms. The second-order valence-electron chi connectivity index (χ2n) is 5.69. The first-order valence-corrected chi connectivity index (χ1v) is 7.60. The van der Waals surface area contributed by atoms with Crippen LogP contribution in [0.25, 0.3) is 0 Å². The maximum atomic E-state index is 12.0. The van der Waals surface area contributed by atoms with E-state index < -0.39 is 6.04 Å². The van der Waals surface area contributed by atoms with Gasteiger partial charge in [-0.1, -0.05) is 18.2 Å². The molecule has 0 saturated carbocycles. The highest BCUT2D eigenvalue weighted by Gasteiger charge is 2.30. The molecule has 1 aliphatic rings. The normalized spacial score (nSPS) is 17.9. The molecule has 1 aliphatic heterocycles. The Kier molecular flexibility index (Phi) is 5.76. The zero-order chi connectivity index (χ0) is 16.8. The Bertz CT molecular complexity index is 627. The van der Waals surface area contributed by atoms with Crippen molar-refractivity contribution in [3.8, 4) is 0 Å². The van der Waals surface area contributed by atoms with E-state index in [4.69, 9.17) is 0 Å². The lowest BCUT2D eigenvalue weighted by Crippen LogP contribution is -2.51. The van der Waals surface area contributed by atoms with Crippen LogP contribution in [0.15, 0.2) is 18.2 Å². The van der Waals surface area contributed by atoms with Crippen LogP contribution in [-0.2, 0) is 27.3 Å². The SMILES string of the molecule is CN(Cc1c(C=O)cccc1CCC=O)C1CCC(=O)NC1=O. The van der Waals surface area contributed by atoms with Crippen molar-refractivity contribution in [3.05, 3.63) is 34.9 Å². The smallest absolute Gasteiger partial charge is 0.243 e. The number of hydrogen-bond donors (Lipinski definition) is 1. The van der Waals surface area contributed by atoms with Gasteiger partial charge in [-0.15, -0.1) is 0 Å². The van der Waals surface area contributed by atoms with E-state index in [1.54, 1.807) is 19.2 Å². The van der Waals surface area contributed by atoms with Gasteiger partial charge in [0.05, 0.1) is 6.04 Å². The van der Waals surface area contributed by atoms with Crippen LogP contribution in [0.1, 0.15) is 40.7 Å². The van der Waals surface area contributed by atoms with E-state index in [-0.39, 0.29) is 11.8 Å². The van der Waals surface area contributed by atoms with Gasteiger partial charge in [0, 0.05) is 24.9 Å². The van der Waals surface area contributed by atoms with E-state index in [1.807, 2.05) is 11.0 Å². The highest BCUT2D eigenvalue weighted by atomic mass is 16.2. The molecule has 6 heteroatoms. The highest BCUT2D eigenvalue weighted by molar-refractivity contribution is 6.00. The number of benzene rings is 1. The fraction of sp³-hybridized carbons (Fsp3) is 0.412. The molecule has 1 unspecified atom stereocenters. The quantitative estimate of drug-likeness (QED) is 0.596. The van der Waals surface area contributed by atoms with Crippen molar-refractivity contribution in [1.82, 2.24) is 10.2 Å². The summed E-state index contributed by atoms with van der Waals surface area (Å²) in [6.45, 7) is 0.412. The molecule has 6 nitrogen and oxygen atoms in total. The number of likely N-dealkylation sites (N-methyl/N-ethyl adjacent to an activating group) is 1. The van der Waals surface area contributed by atoms with Gasteiger partial charge < -0.3 is 4.79 Å². The fourth-order valence-electron chi connectivity index (χ4n) is 2.87. The summed E-state index contributed by atoms with van der Waals surface area (Å²) in [4.78, 5) is 47.0. The predicted molar refractivity (Wildman–Crippen MR) is 83.9 cm³/mol. The molecule has 1 aromatic carbocycles. The molecule has 1 atom stereocenters. The maximum Gasteiger partial charge on any atom is 0.243 e. The first kappa shape index (κ1) is 17.0. The van der Waals surface area contributed by atoms with Crippen molar-refractivity contribution < 1.29 is 19.2 Å². The number of carbonyl (C=O) groups is 4. The third-order valence-corrected chi connectivity index (χ3v) is 4.12. The van der Waals surface area contributed by atoms with Gasteiger partial charge in [-0.3, -0.25) is 24.6 Å². The van der Waals surface area contributed by atoms with E-state index in [1.165, 1.54) is 0 Å². The van der Waals surface area contributed by atoms with Crippen molar-refractivity contribution in [3.63, 3.8) is 0 Å². The van der Waals surface area contributed by atoms with E-state index in [2.05, 4.69) is 5.32 Å². The average molecular weight is 316 g/mol. The number of imide groups is 1. The van der Waals surface area contributed by atoms with Crippen LogP contribution in [0.5, 0.6) is 0 Å². The second-order valence-corrected chi connectivity index (χ2v) is 5.69. The number of rotatable bonds is 7. The fourth-order valence-corrected chi connectivity index (χ4v) is 2.87. The van der Waals surface area contributed by atoms with E-state index >= 15 is 0 Å². The molecule has 1 fully saturated rings. The summed E-state index contributed by atoms with van der Waals surface area (Å²) in [6.07, 6.45) is 3.36. The predicted octanol–water partition coefficient (Wildman–Crippen LogP) is 0.868. The number of aldehydes is 2. The van der Waals surface area contributed by atoms with E-state index in [9.17, 15) is 19.2 Å². The number of hydrogen-bond acceptors (Lipinski definition) is 5. The lowest BCUT2D eigenvalue weighted by Gasteiger charge is -2.30. The first-order chi connectivity index (χ1) is 11.1. The number of nitrogens with one attached hydrogen (secondary N) is 1. The molecule has 0 spiro atoms. The molecule has 0 bridgehead atoms. The third kappa shape index (κ3) is 4.10. The Morgan fingerprint density at radius 2 is 2.09 bits per heavy atom. The van der Waals surface area contributed by atoms with Crippen LogP contribution in [-0.4, -0.2) is 42.4 Å². The number of aryl methyl sites for hydroxylation is 1. The summed E-state index contributed by atoms with van der Waals surface area (Å²) < 4.78 is 0. The van der Waals surface area contributed by atoms with Gasteiger partial charge >= 0.3 is 0 Å². The number of piperidine rings is 1. The molecule has 0 radical (unpaired) electrons. The summed E-state index contributed by atoms with van der Waals surface area (Å²) in [5, 5.41) is 2.34. The molecular weight excluding hydrogens is 296 g/mol. The van der Waals surface area contributed by atoms with Crippen molar-refractivity contribution in [1.29, 1.82) is 0 Å². The second kappa shape index (κ2) is 7.78. The molecular formula is C17H20N2O4. The Morgan fingerprint density at radius 3 is 2.74 bits per heavy atom. The first-order valence-electron chi connectivity index (χ1n) is 7.60. The van der Waals surface area contributed by atoms with Gasteiger partial charge in [-0.2, -0.15) is 0 Å². The molecule has 2 rings (SSSR count). The lowest BCUT2D eigenvalue weighted by atomic mass is 9.96. The average Bonchev–Trinajstić information content (AvgIpc) is 2.53. The minimum absolute atomic E-state index is 0.250. The molecule has 1 N–H and O–H groups in total. The topological polar surface area (TPSA) is 83.6 Å². The summed E-state index contributed by atoms with van der Waals surface area (Å²) in [6, 6.07) is 5.01. The van der Waals surface area contributed by atoms with Gasteiger partial charge in [0.25, 0.3) is 0 Å². The largest absolute Gasteiger partial charge is 0.303 e. The Hall–Kier alpha value is -2.34. The van der Waals surface area contributed by atoms with Crippen LogP contribution in [0, 0.1) is 0 Å². The van der Waals surface area contributed by atoms with Gasteiger partial charge in [0.1, 0.15) is 12.6 Å². The van der Waals surface area contributed by atoms with Crippen LogP contribution < -0.4 is 5.32 Å². The number of carbonyl (C=O) groups excluding carboxylic acids is 4. The molecule has 0 aliphatic carbocycles. The van der Waals surface area contributed by atoms with Crippen LogP contribution in [0.4, 0.5) is 0 Å². The molecule has 1 saturated heterocycles. The molecule has 1 aromatic rings. The standard InChI is InChI=1S/C17H20N2O4/c1-19(15-7-8-16(22)18-17(15)23)10-14-12(6-3-9-20)4-2-5-13(14)11-21/h2,4-5,9,11,15H,3,6-8,10H2,1H3,(H,18,22,23). The van der Waals surface area contributed by atoms with Crippen molar-refractivity contribution in [2.45, 2.75) is 38.3 Å². The zero-order valence-electron chi connectivity index (χ0n) is 13.1. The van der Waals surface area contributed by atoms with Gasteiger partial charge in [-0.05, 0) is 31.0 Å². The van der Waals surface area contributed by atoms with Crippen molar-refractivity contribution in [2.24, 2.45) is 0 Å². The van der Waals surface area contributed by atoms with E-state index in [0.717, 1.165) is 23.7 Å². The molecule has 2 amide bonds. The number of amides is 2. The summed E-state index contributed by atoms with van der Waals surface area (Å²) in [5.41, 5.74) is 2.32. The number of nitrogens with zero attached hydrogens (tertiary/aromatic N) is 1. The summed E-state index contributed by atoms with van der Waals surface area (Å²) in [5.74, 6) is -0.554. The van der Waals surface area contributed by atoms with Gasteiger partial charge in [0.15, 0.2) is 0 Å². The minimum atomic E-state index is -0.397. The monoisotopic (exact) mass is 316 g/mol. The van der Waals surface area contributed by atoms with Crippen LogP contribution in [0.2, 0.25) is 0 Å². The summed E-state index contributed by atoms with van der Waals surface area (Å²) >= 11 is 0. The zero-order valence-corrected chi connectivity index (χ0v) is 13.1. The maximum absolute atomic E-state index is 12.0. The van der Waals surface area contributed by atoms with Crippen molar-refractivity contribution >= 4 is 24.4 Å². The Balaban J connectivity index is 2.20. The highest BCUT2D eigenvalue weighted by Crippen LogP contribution is 2.20. The third-order valence-electron chi connectivity index (χ3n) is 4.12. The van der Waals surface area contributed by atoms with Crippen LogP contribution >= 0.6 is 0 Å². The lowest BCUT2D eigenvalue weighted by molar-refractivity contribution is -0.137. The van der Waals surface area contributed by atoms with Gasteiger partial charge in [-0.25, -0.2) is 0 Å².